The quantitative estimate of drug-likeness (QED) is 0.643. The van der Waals surface area contributed by atoms with Gasteiger partial charge in [0, 0.05) is 17.0 Å². The van der Waals surface area contributed by atoms with E-state index in [1.54, 1.807) is 7.11 Å². The zero-order valence-corrected chi connectivity index (χ0v) is 14.4. The first-order valence-corrected chi connectivity index (χ1v) is 8.23. The largest absolute Gasteiger partial charge is 0.480 e. The van der Waals surface area contributed by atoms with E-state index in [1.165, 1.54) is 0 Å². The molecule has 6 heteroatoms. The zero-order valence-electron chi connectivity index (χ0n) is 13.6. The van der Waals surface area contributed by atoms with Crippen LogP contribution in [0.1, 0.15) is 25.7 Å². The van der Waals surface area contributed by atoms with Gasteiger partial charge in [0.25, 0.3) is 0 Å². The summed E-state index contributed by atoms with van der Waals surface area (Å²) in [4.78, 5) is 8.98. The van der Waals surface area contributed by atoms with Crippen molar-refractivity contribution in [1.82, 2.24) is 15.1 Å². The van der Waals surface area contributed by atoms with Gasteiger partial charge in [0.15, 0.2) is 0 Å². The molecule has 0 aliphatic carbocycles. The van der Waals surface area contributed by atoms with Gasteiger partial charge >= 0.3 is 0 Å². The minimum absolute atomic E-state index is 0.463. The van der Waals surface area contributed by atoms with Crippen LogP contribution in [0.25, 0.3) is 22.6 Å². The Hall–Kier alpha value is -2.40. The fraction of sp³-hybridized carbons (Fsp3) is 0.278. The van der Waals surface area contributed by atoms with Gasteiger partial charge < -0.3 is 9.26 Å². The number of aromatic nitrogens is 3. The van der Waals surface area contributed by atoms with Crippen molar-refractivity contribution in [3.05, 3.63) is 47.3 Å². The standard InChI is InChI=1S/C18H18ClN3O2/c1-3-4-5-16-21-17(22-24-16)14-10-11-15(20-18(14)23-2)12-6-8-13(19)9-7-12/h6-11H,3-5H2,1-2H3. The number of rotatable bonds is 6. The summed E-state index contributed by atoms with van der Waals surface area (Å²) in [5.74, 6) is 1.59. The maximum Gasteiger partial charge on any atom is 0.226 e. The molecular formula is C18H18ClN3O2. The Morgan fingerprint density at radius 2 is 1.88 bits per heavy atom. The highest BCUT2D eigenvalue weighted by Gasteiger charge is 2.15. The molecule has 0 unspecified atom stereocenters. The molecule has 0 N–H and O–H groups in total. The molecule has 0 atom stereocenters. The van der Waals surface area contributed by atoms with E-state index in [0.29, 0.717) is 28.2 Å². The molecule has 0 amide bonds. The van der Waals surface area contributed by atoms with Crippen LogP contribution < -0.4 is 4.74 Å². The van der Waals surface area contributed by atoms with Crippen molar-refractivity contribution in [2.75, 3.05) is 7.11 Å². The monoisotopic (exact) mass is 343 g/mol. The van der Waals surface area contributed by atoms with Crippen LogP contribution in [0.4, 0.5) is 0 Å². The van der Waals surface area contributed by atoms with Gasteiger partial charge in [0.2, 0.25) is 17.6 Å². The predicted octanol–water partition coefficient (Wildman–Crippen LogP) is 4.80. The van der Waals surface area contributed by atoms with Crippen LogP contribution in [-0.2, 0) is 6.42 Å². The molecule has 2 heterocycles. The first-order chi connectivity index (χ1) is 11.7. The number of hydrogen-bond acceptors (Lipinski definition) is 5. The molecule has 0 saturated carbocycles. The van der Waals surface area contributed by atoms with Gasteiger partial charge in [-0.25, -0.2) is 4.98 Å². The molecule has 24 heavy (non-hydrogen) atoms. The van der Waals surface area contributed by atoms with Crippen LogP contribution in [-0.4, -0.2) is 22.2 Å². The van der Waals surface area contributed by atoms with Crippen molar-refractivity contribution in [3.8, 4) is 28.5 Å². The Bertz CT molecular complexity index is 815. The van der Waals surface area contributed by atoms with Gasteiger partial charge in [-0.2, -0.15) is 4.98 Å². The van der Waals surface area contributed by atoms with Crippen molar-refractivity contribution in [3.63, 3.8) is 0 Å². The average Bonchev–Trinajstić information content (AvgIpc) is 3.08. The Kier molecular flexibility index (Phi) is 5.11. The lowest BCUT2D eigenvalue weighted by molar-refractivity contribution is 0.374. The fourth-order valence-electron chi connectivity index (χ4n) is 2.34. The summed E-state index contributed by atoms with van der Waals surface area (Å²) in [7, 11) is 1.58. The number of methoxy groups -OCH3 is 1. The molecule has 0 radical (unpaired) electrons. The maximum atomic E-state index is 5.93. The van der Waals surface area contributed by atoms with Crippen molar-refractivity contribution < 1.29 is 9.26 Å². The smallest absolute Gasteiger partial charge is 0.226 e. The van der Waals surface area contributed by atoms with E-state index in [0.717, 1.165) is 30.5 Å². The lowest BCUT2D eigenvalue weighted by Gasteiger charge is -2.07. The number of nitrogens with zero attached hydrogens (tertiary/aromatic N) is 3. The SMILES string of the molecule is CCCCc1nc(-c2ccc(-c3ccc(Cl)cc3)nc2OC)no1. The van der Waals surface area contributed by atoms with Crippen molar-refractivity contribution >= 4 is 11.6 Å². The van der Waals surface area contributed by atoms with E-state index in [2.05, 4.69) is 22.0 Å². The Morgan fingerprint density at radius 1 is 1.08 bits per heavy atom. The number of hydrogen-bond donors (Lipinski definition) is 0. The van der Waals surface area contributed by atoms with E-state index in [-0.39, 0.29) is 0 Å². The van der Waals surface area contributed by atoms with Gasteiger partial charge in [-0.3, -0.25) is 0 Å². The molecule has 0 aliphatic rings. The Labute approximate surface area is 145 Å². The number of ether oxygens (including phenoxy) is 1. The van der Waals surface area contributed by atoms with Crippen LogP contribution in [0.2, 0.25) is 5.02 Å². The van der Waals surface area contributed by atoms with Gasteiger partial charge in [0.1, 0.15) is 0 Å². The second kappa shape index (κ2) is 7.45. The summed E-state index contributed by atoms with van der Waals surface area (Å²) in [6.45, 7) is 2.12. The predicted molar refractivity (Wildman–Crippen MR) is 93.1 cm³/mol. The molecule has 0 bridgehead atoms. The highest BCUT2D eigenvalue weighted by atomic mass is 35.5. The molecule has 3 aromatic rings. The van der Waals surface area contributed by atoms with Gasteiger partial charge in [0.05, 0.1) is 18.4 Å². The topological polar surface area (TPSA) is 61.0 Å². The lowest BCUT2D eigenvalue weighted by Crippen LogP contribution is -1.95. The second-order valence-corrected chi connectivity index (χ2v) is 5.81. The van der Waals surface area contributed by atoms with Crippen molar-refractivity contribution in [2.24, 2.45) is 0 Å². The Balaban J connectivity index is 1.92. The number of unbranched alkanes of at least 4 members (excludes halogenated alkanes) is 1. The van der Waals surface area contributed by atoms with Crippen LogP contribution in [0.15, 0.2) is 40.9 Å². The van der Waals surface area contributed by atoms with Crippen LogP contribution >= 0.6 is 11.6 Å². The van der Waals surface area contributed by atoms with Crippen LogP contribution in [0.5, 0.6) is 5.88 Å². The number of pyridine rings is 1. The molecule has 1 aromatic carbocycles. The van der Waals surface area contributed by atoms with Crippen LogP contribution in [0.3, 0.4) is 0 Å². The van der Waals surface area contributed by atoms with E-state index < -0.39 is 0 Å². The average molecular weight is 344 g/mol. The third-order valence-corrected chi connectivity index (χ3v) is 3.90. The fourth-order valence-corrected chi connectivity index (χ4v) is 2.47. The van der Waals surface area contributed by atoms with E-state index in [4.69, 9.17) is 20.9 Å². The summed E-state index contributed by atoms with van der Waals surface area (Å²) in [5, 5.41) is 4.73. The van der Waals surface area contributed by atoms with Gasteiger partial charge in [-0.05, 0) is 30.7 Å². The molecule has 2 aromatic heterocycles. The van der Waals surface area contributed by atoms with Gasteiger partial charge in [-0.1, -0.05) is 42.2 Å². The highest BCUT2D eigenvalue weighted by Crippen LogP contribution is 2.30. The van der Waals surface area contributed by atoms with E-state index >= 15 is 0 Å². The molecule has 0 spiro atoms. The maximum absolute atomic E-state index is 5.93. The number of benzene rings is 1. The third-order valence-electron chi connectivity index (χ3n) is 3.65. The van der Waals surface area contributed by atoms with Crippen LogP contribution in [0, 0.1) is 0 Å². The molecule has 0 saturated heterocycles. The van der Waals surface area contributed by atoms with Gasteiger partial charge in [-0.15, -0.1) is 0 Å². The molecule has 5 nitrogen and oxygen atoms in total. The summed E-state index contributed by atoms with van der Waals surface area (Å²) >= 11 is 5.93. The molecule has 124 valence electrons. The van der Waals surface area contributed by atoms with E-state index in [1.807, 2.05) is 36.4 Å². The lowest BCUT2D eigenvalue weighted by atomic mass is 10.1. The molecule has 3 rings (SSSR count). The number of halogens is 1. The minimum atomic E-state index is 0.463. The summed E-state index contributed by atoms with van der Waals surface area (Å²) in [5.41, 5.74) is 2.46. The first kappa shape index (κ1) is 16.5. The second-order valence-electron chi connectivity index (χ2n) is 5.38. The third kappa shape index (κ3) is 3.57. The summed E-state index contributed by atoms with van der Waals surface area (Å²) < 4.78 is 10.7. The minimum Gasteiger partial charge on any atom is -0.480 e. The number of aryl methyl sites for hydroxylation is 1. The zero-order chi connectivity index (χ0) is 16.9. The van der Waals surface area contributed by atoms with Crippen molar-refractivity contribution in [2.45, 2.75) is 26.2 Å². The first-order valence-electron chi connectivity index (χ1n) is 7.85. The van der Waals surface area contributed by atoms with Crippen molar-refractivity contribution in [1.29, 1.82) is 0 Å². The molecule has 0 fully saturated rings. The summed E-state index contributed by atoms with van der Waals surface area (Å²) in [6.07, 6.45) is 2.88. The summed E-state index contributed by atoms with van der Waals surface area (Å²) in [6, 6.07) is 11.3. The molecule has 0 aliphatic heterocycles. The highest BCUT2D eigenvalue weighted by molar-refractivity contribution is 6.30. The molecular weight excluding hydrogens is 326 g/mol. The Morgan fingerprint density at radius 3 is 2.58 bits per heavy atom. The normalized spacial score (nSPS) is 10.8. The van der Waals surface area contributed by atoms with E-state index in [9.17, 15) is 0 Å².